The van der Waals surface area contributed by atoms with E-state index in [0.717, 1.165) is 0 Å². The van der Waals surface area contributed by atoms with Crippen molar-refractivity contribution in [2.45, 2.75) is 0 Å². The summed E-state index contributed by atoms with van der Waals surface area (Å²) in [6.07, 6.45) is 2.95. The van der Waals surface area contributed by atoms with Gasteiger partial charge >= 0.3 is 0 Å². The van der Waals surface area contributed by atoms with Crippen molar-refractivity contribution in [1.82, 2.24) is 14.6 Å². The van der Waals surface area contributed by atoms with Crippen LogP contribution in [0.25, 0.3) is 5.65 Å². The third-order valence-electron chi connectivity index (χ3n) is 1.37. The molecule has 0 atom stereocenters. The SMILES string of the molecule is Nc1cc(F)c2nncn2c1. The molecule has 0 aliphatic heterocycles. The molecule has 5 heteroatoms. The van der Waals surface area contributed by atoms with Crippen LogP contribution in [0.15, 0.2) is 18.6 Å². The molecule has 0 aliphatic rings. The van der Waals surface area contributed by atoms with Gasteiger partial charge in [0.25, 0.3) is 0 Å². The summed E-state index contributed by atoms with van der Waals surface area (Å²) in [7, 11) is 0. The number of rotatable bonds is 0. The molecular weight excluding hydrogens is 147 g/mol. The lowest BCUT2D eigenvalue weighted by Crippen LogP contribution is -1.92. The highest BCUT2D eigenvalue weighted by Crippen LogP contribution is 2.09. The largest absolute Gasteiger partial charge is 0.397 e. The molecular formula is C6H5FN4. The lowest BCUT2D eigenvalue weighted by atomic mass is 10.4. The number of aromatic nitrogens is 3. The maximum atomic E-state index is 12.9. The van der Waals surface area contributed by atoms with Crippen LogP contribution in [0.5, 0.6) is 0 Å². The first-order chi connectivity index (χ1) is 5.27. The first kappa shape index (κ1) is 6.09. The number of anilines is 1. The van der Waals surface area contributed by atoms with Crippen LogP contribution in [0.4, 0.5) is 10.1 Å². The van der Waals surface area contributed by atoms with Gasteiger partial charge in [0.1, 0.15) is 6.33 Å². The number of nitrogens with two attached hydrogens (primary N) is 1. The highest BCUT2D eigenvalue weighted by molar-refractivity contribution is 5.47. The lowest BCUT2D eigenvalue weighted by Gasteiger charge is -1.94. The maximum absolute atomic E-state index is 12.9. The summed E-state index contributed by atoms with van der Waals surface area (Å²) >= 11 is 0. The zero-order chi connectivity index (χ0) is 7.84. The van der Waals surface area contributed by atoms with Crippen LogP contribution in [0.2, 0.25) is 0 Å². The van der Waals surface area contributed by atoms with Crippen LogP contribution in [-0.2, 0) is 0 Å². The molecule has 2 aromatic heterocycles. The minimum Gasteiger partial charge on any atom is -0.397 e. The van der Waals surface area contributed by atoms with Crippen molar-refractivity contribution in [3.8, 4) is 0 Å². The zero-order valence-corrected chi connectivity index (χ0v) is 5.53. The number of fused-ring (bicyclic) bond motifs is 1. The Morgan fingerprint density at radius 2 is 2.36 bits per heavy atom. The van der Waals surface area contributed by atoms with Crippen LogP contribution in [0.3, 0.4) is 0 Å². The van der Waals surface area contributed by atoms with Crippen LogP contribution >= 0.6 is 0 Å². The van der Waals surface area contributed by atoms with E-state index in [1.165, 1.54) is 16.8 Å². The molecule has 0 amide bonds. The van der Waals surface area contributed by atoms with E-state index in [9.17, 15) is 4.39 Å². The van der Waals surface area contributed by atoms with E-state index in [1.807, 2.05) is 0 Å². The second-order valence-electron chi connectivity index (χ2n) is 2.18. The fourth-order valence-electron chi connectivity index (χ4n) is 0.917. The van der Waals surface area contributed by atoms with Gasteiger partial charge in [-0.1, -0.05) is 0 Å². The maximum Gasteiger partial charge on any atom is 0.196 e. The van der Waals surface area contributed by atoms with Crippen molar-refractivity contribution >= 4 is 11.3 Å². The molecule has 2 N–H and O–H groups in total. The van der Waals surface area contributed by atoms with Crippen molar-refractivity contribution in [2.24, 2.45) is 0 Å². The predicted octanol–water partition coefficient (Wildman–Crippen LogP) is 0.451. The minimum absolute atomic E-state index is 0.194. The van der Waals surface area contributed by atoms with Gasteiger partial charge in [-0.05, 0) is 0 Å². The van der Waals surface area contributed by atoms with Gasteiger partial charge in [-0.3, -0.25) is 4.40 Å². The molecule has 0 spiro atoms. The highest BCUT2D eigenvalue weighted by atomic mass is 19.1. The molecule has 2 heterocycles. The van der Waals surface area contributed by atoms with E-state index in [2.05, 4.69) is 10.2 Å². The molecule has 56 valence electrons. The Balaban J connectivity index is 2.91. The van der Waals surface area contributed by atoms with E-state index >= 15 is 0 Å². The summed E-state index contributed by atoms with van der Waals surface area (Å²) in [6, 6.07) is 1.21. The quantitative estimate of drug-likeness (QED) is 0.596. The Kier molecular flexibility index (Phi) is 1.06. The van der Waals surface area contributed by atoms with Gasteiger partial charge in [0.05, 0.1) is 5.69 Å². The van der Waals surface area contributed by atoms with Gasteiger partial charge in [-0.25, -0.2) is 4.39 Å². The number of pyridine rings is 1. The first-order valence-corrected chi connectivity index (χ1v) is 3.02. The van der Waals surface area contributed by atoms with Gasteiger partial charge < -0.3 is 5.73 Å². The van der Waals surface area contributed by atoms with Gasteiger partial charge in [0, 0.05) is 12.3 Å². The first-order valence-electron chi connectivity index (χ1n) is 3.02. The zero-order valence-electron chi connectivity index (χ0n) is 5.53. The van der Waals surface area contributed by atoms with Gasteiger partial charge in [0.2, 0.25) is 0 Å². The van der Waals surface area contributed by atoms with Crippen molar-refractivity contribution in [2.75, 3.05) is 5.73 Å². The molecule has 2 aromatic rings. The molecule has 0 radical (unpaired) electrons. The normalized spacial score (nSPS) is 10.6. The predicted molar refractivity (Wildman–Crippen MR) is 37.4 cm³/mol. The monoisotopic (exact) mass is 152 g/mol. The third kappa shape index (κ3) is 0.813. The van der Waals surface area contributed by atoms with Crippen LogP contribution in [-0.4, -0.2) is 14.6 Å². The van der Waals surface area contributed by atoms with E-state index in [1.54, 1.807) is 6.20 Å². The molecule has 0 fully saturated rings. The number of halogens is 1. The Bertz CT molecular complexity index is 394. The Morgan fingerprint density at radius 1 is 1.55 bits per heavy atom. The number of hydrogen-bond donors (Lipinski definition) is 1. The van der Waals surface area contributed by atoms with E-state index in [0.29, 0.717) is 5.69 Å². The standard InChI is InChI=1S/C6H5FN4/c7-5-1-4(8)2-11-3-9-10-6(5)11/h1-3H,8H2. The number of hydrogen-bond acceptors (Lipinski definition) is 3. The molecule has 4 nitrogen and oxygen atoms in total. The summed E-state index contributed by atoms with van der Waals surface area (Å²) in [5.41, 5.74) is 5.92. The Hall–Kier alpha value is -1.65. The molecule has 2 rings (SSSR count). The second-order valence-corrected chi connectivity index (χ2v) is 2.18. The fraction of sp³-hybridized carbons (Fsp3) is 0. The average molecular weight is 152 g/mol. The Labute approximate surface area is 61.5 Å². The number of nitrogens with zero attached hydrogens (tertiary/aromatic N) is 3. The van der Waals surface area contributed by atoms with Gasteiger partial charge in [-0.2, -0.15) is 0 Å². The molecule has 0 saturated heterocycles. The molecule has 0 unspecified atom stereocenters. The summed E-state index contributed by atoms with van der Waals surface area (Å²) in [5, 5.41) is 7.06. The van der Waals surface area contributed by atoms with E-state index < -0.39 is 5.82 Å². The van der Waals surface area contributed by atoms with Crippen molar-refractivity contribution in [3.05, 3.63) is 24.4 Å². The van der Waals surface area contributed by atoms with Crippen molar-refractivity contribution in [1.29, 1.82) is 0 Å². The fourth-order valence-corrected chi connectivity index (χ4v) is 0.917. The van der Waals surface area contributed by atoms with Crippen LogP contribution < -0.4 is 5.73 Å². The summed E-state index contributed by atoms with van der Waals surface area (Å²) in [5.74, 6) is -0.456. The highest BCUT2D eigenvalue weighted by Gasteiger charge is 2.02. The molecule has 0 aromatic carbocycles. The van der Waals surface area contributed by atoms with Crippen LogP contribution in [0.1, 0.15) is 0 Å². The molecule has 0 aliphatic carbocycles. The van der Waals surface area contributed by atoms with Crippen molar-refractivity contribution < 1.29 is 4.39 Å². The van der Waals surface area contributed by atoms with E-state index in [4.69, 9.17) is 5.73 Å². The van der Waals surface area contributed by atoms with Gasteiger partial charge in [-0.15, -0.1) is 10.2 Å². The summed E-state index contributed by atoms with van der Waals surface area (Å²) in [6.45, 7) is 0. The number of nitrogen functional groups attached to an aromatic ring is 1. The van der Waals surface area contributed by atoms with E-state index in [-0.39, 0.29) is 5.65 Å². The summed E-state index contributed by atoms with van der Waals surface area (Å²) in [4.78, 5) is 0. The smallest absolute Gasteiger partial charge is 0.196 e. The molecule has 0 saturated carbocycles. The molecule has 11 heavy (non-hydrogen) atoms. The minimum atomic E-state index is -0.456. The lowest BCUT2D eigenvalue weighted by molar-refractivity contribution is 0.630. The topological polar surface area (TPSA) is 56.2 Å². The van der Waals surface area contributed by atoms with Gasteiger partial charge in [0.15, 0.2) is 11.5 Å². The Morgan fingerprint density at radius 3 is 3.18 bits per heavy atom. The molecule has 0 bridgehead atoms. The average Bonchev–Trinajstić information content (AvgIpc) is 2.34. The third-order valence-corrected chi connectivity index (χ3v) is 1.37. The second kappa shape index (κ2) is 1.91. The van der Waals surface area contributed by atoms with Crippen LogP contribution in [0, 0.1) is 5.82 Å². The summed E-state index contributed by atoms with van der Waals surface area (Å²) < 4.78 is 14.3. The van der Waals surface area contributed by atoms with Crippen molar-refractivity contribution in [3.63, 3.8) is 0 Å².